The van der Waals surface area contributed by atoms with Crippen molar-refractivity contribution in [3.05, 3.63) is 11.6 Å². The second kappa shape index (κ2) is 5.21. The Morgan fingerprint density at radius 2 is 1.92 bits per heavy atom. The topological polar surface area (TPSA) is 17.1 Å². The maximum atomic E-state index is 10.8. The summed E-state index contributed by atoms with van der Waals surface area (Å²) in [4.78, 5) is 10.8. The molecule has 13 heavy (non-hydrogen) atoms. The second-order valence-corrected chi connectivity index (χ2v) is 4.90. The summed E-state index contributed by atoms with van der Waals surface area (Å²) in [5.41, 5.74) is 1.26. The minimum atomic E-state index is 0.301. The van der Waals surface area contributed by atoms with Gasteiger partial charge in [0, 0.05) is 0 Å². The van der Waals surface area contributed by atoms with Crippen LogP contribution in [0.5, 0.6) is 0 Å². The Kier molecular flexibility index (Phi) is 4.97. The predicted molar refractivity (Wildman–Crippen MR) is 57.7 cm³/mol. The summed E-state index contributed by atoms with van der Waals surface area (Å²) in [6.07, 6.45) is 5.05. The molecule has 76 valence electrons. The van der Waals surface area contributed by atoms with E-state index in [2.05, 4.69) is 34.6 Å². The van der Waals surface area contributed by atoms with Gasteiger partial charge in [0.2, 0.25) is 0 Å². The van der Waals surface area contributed by atoms with Gasteiger partial charge in [-0.05, 0) is 29.7 Å². The number of allylic oxidation sites excluding steroid dienone is 2. The van der Waals surface area contributed by atoms with Crippen LogP contribution in [0.25, 0.3) is 0 Å². The monoisotopic (exact) mass is 182 g/mol. The fourth-order valence-electron chi connectivity index (χ4n) is 1.64. The smallest absolute Gasteiger partial charge is 0.145 e. The summed E-state index contributed by atoms with van der Waals surface area (Å²) in [5, 5.41) is 0. The molecule has 0 fully saturated rings. The van der Waals surface area contributed by atoms with Gasteiger partial charge in [-0.25, -0.2) is 0 Å². The van der Waals surface area contributed by atoms with Gasteiger partial charge in [-0.15, -0.1) is 0 Å². The number of rotatable bonds is 4. The zero-order valence-corrected chi connectivity index (χ0v) is 9.55. The molecule has 0 saturated carbocycles. The van der Waals surface area contributed by atoms with Crippen LogP contribution < -0.4 is 0 Å². The number of hydrogen-bond acceptors (Lipinski definition) is 1. The third kappa shape index (κ3) is 5.62. The molecule has 1 atom stereocenters. The molecule has 0 radical (unpaired) electrons. The molecule has 1 unspecified atom stereocenters. The van der Waals surface area contributed by atoms with E-state index in [0.29, 0.717) is 11.3 Å². The zero-order valence-electron chi connectivity index (χ0n) is 9.55. The molecule has 0 N–H and O–H groups in total. The fraction of sp³-hybridized carbons (Fsp3) is 0.750. The third-order valence-corrected chi connectivity index (χ3v) is 2.06. The van der Waals surface area contributed by atoms with Gasteiger partial charge in [0.1, 0.15) is 6.29 Å². The standard InChI is InChI=1S/C12H22O/c1-6-7-11(9-13)10(2)8-12(3,4)5/h7,9-10H,6,8H2,1-5H3/b11-7-. The van der Waals surface area contributed by atoms with Crippen molar-refractivity contribution in [1.82, 2.24) is 0 Å². The molecule has 0 spiro atoms. The first-order valence-electron chi connectivity index (χ1n) is 5.06. The summed E-state index contributed by atoms with van der Waals surface area (Å²) >= 11 is 0. The van der Waals surface area contributed by atoms with Crippen molar-refractivity contribution in [2.24, 2.45) is 11.3 Å². The van der Waals surface area contributed by atoms with Crippen molar-refractivity contribution < 1.29 is 4.79 Å². The van der Waals surface area contributed by atoms with E-state index in [1.54, 1.807) is 0 Å². The van der Waals surface area contributed by atoms with Crippen molar-refractivity contribution in [2.75, 3.05) is 0 Å². The zero-order chi connectivity index (χ0) is 10.5. The van der Waals surface area contributed by atoms with Gasteiger partial charge < -0.3 is 0 Å². The highest BCUT2D eigenvalue weighted by Crippen LogP contribution is 2.27. The van der Waals surface area contributed by atoms with Crippen molar-refractivity contribution in [3.8, 4) is 0 Å². The second-order valence-electron chi connectivity index (χ2n) is 4.90. The summed E-state index contributed by atoms with van der Waals surface area (Å²) < 4.78 is 0. The van der Waals surface area contributed by atoms with Gasteiger partial charge in [0.25, 0.3) is 0 Å². The van der Waals surface area contributed by atoms with Crippen molar-refractivity contribution >= 4 is 6.29 Å². The van der Waals surface area contributed by atoms with E-state index in [1.807, 2.05) is 6.08 Å². The molecule has 0 rings (SSSR count). The normalized spacial score (nSPS) is 15.6. The molecule has 0 bridgehead atoms. The number of hydrogen-bond donors (Lipinski definition) is 0. The Morgan fingerprint density at radius 1 is 1.38 bits per heavy atom. The van der Waals surface area contributed by atoms with Crippen LogP contribution >= 0.6 is 0 Å². The first-order valence-corrected chi connectivity index (χ1v) is 5.06. The van der Waals surface area contributed by atoms with E-state index in [9.17, 15) is 4.79 Å². The highest BCUT2D eigenvalue weighted by Gasteiger charge is 2.17. The Labute approximate surface area is 82.2 Å². The van der Waals surface area contributed by atoms with Gasteiger partial charge in [0.05, 0.1) is 0 Å². The summed E-state index contributed by atoms with van der Waals surface area (Å²) in [5.74, 6) is 0.387. The molecule has 0 aliphatic rings. The molecular weight excluding hydrogens is 160 g/mol. The Morgan fingerprint density at radius 3 is 2.23 bits per heavy atom. The van der Waals surface area contributed by atoms with Gasteiger partial charge in [0.15, 0.2) is 0 Å². The van der Waals surface area contributed by atoms with Crippen molar-refractivity contribution in [2.45, 2.75) is 47.5 Å². The lowest BCUT2D eigenvalue weighted by Gasteiger charge is -2.23. The molecule has 0 heterocycles. The van der Waals surface area contributed by atoms with E-state index < -0.39 is 0 Å². The van der Waals surface area contributed by atoms with Crippen LogP contribution in [0.4, 0.5) is 0 Å². The summed E-state index contributed by atoms with van der Waals surface area (Å²) in [6.45, 7) is 10.8. The number of carbonyl (C=O) groups is 1. The average Bonchev–Trinajstić information content (AvgIpc) is 1.96. The first kappa shape index (κ1) is 12.4. The SMILES string of the molecule is CC/C=C(/C=O)C(C)CC(C)(C)C. The van der Waals surface area contributed by atoms with Gasteiger partial charge in [-0.3, -0.25) is 4.79 Å². The molecule has 0 aliphatic carbocycles. The molecule has 0 aliphatic heterocycles. The fourth-order valence-corrected chi connectivity index (χ4v) is 1.64. The lowest BCUT2D eigenvalue weighted by atomic mass is 9.82. The van der Waals surface area contributed by atoms with E-state index >= 15 is 0 Å². The van der Waals surface area contributed by atoms with Gasteiger partial charge in [-0.1, -0.05) is 40.7 Å². The van der Waals surface area contributed by atoms with Crippen LogP contribution in [-0.4, -0.2) is 6.29 Å². The largest absolute Gasteiger partial charge is 0.298 e. The van der Waals surface area contributed by atoms with Crippen LogP contribution in [-0.2, 0) is 4.79 Å². The highest BCUT2D eigenvalue weighted by atomic mass is 16.1. The van der Waals surface area contributed by atoms with Gasteiger partial charge in [-0.2, -0.15) is 0 Å². The lowest BCUT2D eigenvalue weighted by molar-refractivity contribution is -0.105. The Balaban J connectivity index is 4.31. The summed E-state index contributed by atoms with van der Waals surface area (Å²) in [7, 11) is 0. The number of aldehydes is 1. The van der Waals surface area contributed by atoms with Crippen LogP contribution in [0.1, 0.15) is 47.5 Å². The van der Waals surface area contributed by atoms with E-state index in [-0.39, 0.29) is 0 Å². The minimum absolute atomic E-state index is 0.301. The molecule has 0 aromatic carbocycles. The maximum Gasteiger partial charge on any atom is 0.145 e. The minimum Gasteiger partial charge on any atom is -0.298 e. The quantitative estimate of drug-likeness (QED) is 0.479. The maximum absolute atomic E-state index is 10.8. The average molecular weight is 182 g/mol. The Bertz CT molecular complexity index is 184. The van der Waals surface area contributed by atoms with Crippen LogP contribution in [0.15, 0.2) is 11.6 Å². The van der Waals surface area contributed by atoms with Gasteiger partial charge >= 0.3 is 0 Å². The molecule has 0 aromatic rings. The van der Waals surface area contributed by atoms with E-state index in [0.717, 1.165) is 24.7 Å². The molecule has 0 aromatic heterocycles. The third-order valence-electron chi connectivity index (χ3n) is 2.06. The summed E-state index contributed by atoms with van der Waals surface area (Å²) in [6, 6.07) is 0. The molecule has 0 saturated heterocycles. The lowest BCUT2D eigenvalue weighted by Crippen LogP contribution is -2.13. The molecular formula is C12H22O. The van der Waals surface area contributed by atoms with Crippen LogP contribution in [0.3, 0.4) is 0 Å². The molecule has 1 heteroatoms. The molecule has 0 amide bonds. The molecule has 1 nitrogen and oxygen atoms in total. The Hall–Kier alpha value is -0.590. The van der Waals surface area contributed by atoms with Crippen LogP contribution in [0.2, 0.25) is 0 Å². The van der Waals surface area contributed by atoms with Crippen LogP contribution in [0, 0.1) is 11.3 Å². The van der Waals surface area contributed by atoms with Crippen molar-refractivity contribution in [1.29, 1.82) is 0 Å². The van der Waals surface area contributed by atoms with Crippen molar-refractivity contribution in [3.63, 3.8) is 0 Å². The predicted octanol–water partition coefficient (Wildman–Crippen LogP) is 3.59. The van der Waals surface area contributed by atoms with E-state index in [4.69, 9.17) is 0 Å². The number of carbonyl (C=O) groups excluding carboxylic acids is 1. The van der Waals surface area contributed by atoms with E-state index in [1.165, 1.54) is 0 Å². The first-order chi connectivity index (χ1) is 5.90. The highest BCUT2D eigenvalue weighted by molar-refractivity contribution is 5.73.